The average molecular weight is 358 g/mol. The van der Waals surface area contributed by atoms with Crippen LogP contribution >= 0.6 is 0 Å². The van der Waals surface area contributed by atoms with E-state index in [1.807, 2.05) is 28.8 Å². The largest absolute Gasteiger partial charge is 0.360 e. The number of rotatable bonds is 5. The molecule has 0 aliphatic carbocycles. The van der Waals surface area contributed by atoms with E-state index in [1.165, 1.54) is 18.3 Å². The number of benzene rings is 2. The van der Waals surface area contributed by atoms with Gasteiger partial charge in [0.1, 0.15) is 10.7 Å². The van der Waals surface area contributed by atoms with Crippen LogP contribution in [0, 0.1) is 5.82 Å². The number of H-pyrrole nitrogens is 1. The van der Waals surface area contributed by atoms with E-state index in [0.717, 1.165) is 11.0 Å². The van der Waals surface area contributed by atoms with E-state index in [2.05, 4.69) is 14.7 Å². The van der Waals surface area contributed by atoms with Gasteiger partial charge in [-0.1, -0.05) is 18.2 Å². The van der Waals surface area contributed by atoms with Crippen molar-refractivity contribution < 1.29 is 12.8 Å². The van der Waals surface area contributed by atoms with Crippen LogP contribution in [-0.4, -0.2) is 29.5 Å². The number of hydrogen-bond acceptors (Lipinski definition) is 3. The van der Waals surface area contributed by atoms with E-state index in [0.29, 0.717) is 12.1 Å². The van der Waals surface area contributed by atoms with Crippen molar-refractivity contribution in [3.05, 3.63) is 60.8 Å². The summed E-state index contributed by atoms with van der Waals surface area (Å²) < 4.78 is 43.5. The molecule has 0 spiro atoms. The van der Waals surface area contributed by atoms with Crippen molar-refractivity contribution in [2.24, 2.45) is 0 Å². The highest BCUT2D eigenvalue weighted by Crippen LogP contribution is 2.25. The molecule has 0 unspecified atom stereocenters. The van der Waals surface area contributed by atoms with Crippen molar-refractivity contribution in [1.82, 2.24) is 19.3 Å². The molecule has 25 heavy (non-hydrogen) atoms. The highest BCUT2D eigenvalue weighted by atomic mass is 32.2. The Bertz CT molecular complexity index is 1160. The summed E-state index contributed by atoms with van der Waals surface area (Å²) in [7, 11) is -3.83. The average Bonchev–Trinajstić information content (AvgIpc) is 3.20. The predicted octanol–water partition coefficient (Wildman–Crippen LogP) is 2.64. The molecule has 0 atom stereocenters. The summed E-state index contributed by atoms with van der Waals surface area (Å²) in [4.78, 5) is 6.97. The van der Waals surface area contributed by atoms with Crippen LogP contribution in [-0.2, 0) is 16.6 Å². The number of sulfonamides is 1. The molecule has 0 fully saturated rings. The Morgan fingerprint density at radius 3 is 2.88 bits per heavy atom. The first-order chi connectivity index (χ1) is 12.1. The Labute approximate surface area is 143 Å². The van der Waals surface area contributed by atoms with E-state index in [9.17, 15) is 12.8 Å². The molecule has 2 heterocycles. The van der Waals surface area contributed by atoms with Crippen LogP contribution in [0.4, 0.5) is 4.39 Å². The minimum atomic E-state index is -3.83. The maximum absolute atomic E-state index is 14.0. The smallest absolute Gasteiger partial charge is 0.242 e. The number of nitrogens with zero attached hydrogens (tertiary/aromatic N) is 2. The second kappa shape index (κ2) is 5.98. The summed E-state index contributed by atoms with van der Waals surface area (Å²) in [6, 6.07) is 12.0. The van der Waals surface area contributed by atoms with Crippen molar-refractivity contribution in [1.29, 1.82) is 0 Å². The first kappa shape index (κ1) is 15.8. The SMILES string of the molecule is O=S(=O)(NCCn1cnc2ccccc21)c1c[nH]c2cccc(F)c12. The van der Waals surface area contributed by atoms with Gasteiger partial charge in [-0.25, -0.2) is 22.5 Å². The van der Waals surface area contributed by atoms with Gasteiger partial charge in [-0.3, -0.25) is 0 Å². The third kappa shape index (κ3) is 2.79. The van der Waals surface area contributed by atoms with Gasteiger partial charge in [-0.05, 0) is 24.3 Å². The van der Waals surface area contributed by atoms with Crippen molar-refractivity contribution in [3.63, 3.8) is 0 Å². The highest BCUT2D eigenvalue weighted by Gasteiger charge is 2.20. The summed E-state index contributed by atoms with van der Waals surface area (Å²) in [5.74, 6) is -0.570. The van der Waals surface area contributed by atoms with Gasteiger partial charge in [0.25, 0.3) is 0 Å². The molecule has 8 heteroatoms. The van der Waals surface area contributed by atoms with Crippen molar-refractivity contribution >= 4 is 32.0 Å². The molecule has 4 rings (SSSR count). The van der Waals surface area contributed by atoms with Crippen molar-refractivity contribution in [2.75, 3.05) is 6.54 Å². The number of imidazole rings is 1. The van der Waals surface area contributed by atoms with Gasteiger partial charge in [0.05, 0.1) is 22.7 Å². The van der Waals surface area contributed by atoms with Gasteiger partial charge >= 0.3 is 0 Å². The fourth-order valence-corrected chi connectivity index (χ4v) is 4.09. The molecule has 0 radical (unpaired) electrons. The van der Waals surface area contributed by atoms with Crippen LogP contribution < -0.4 is 4.72 Å². The first-order valence-electron chi connectivity index (χ1n) is 7.71. The van der Waals surface area contributed by atoms with Gasteiger partial charge in [0.2, 0.25) is 10.0 Å². The Hall–Kier alpha value is -2.71. The maximum atomic E-state index is 14.0. The topological polar surface area (TPSA) is 79.8 Å². The zero-order valence-electron chi connectivity index (χ0n) is 13.1. The monoisotopic (exact) mass is 358 g/mol. The predicted molar refractivity (Wildman–Crippen MR) is 93.2 cm³/mol. The number of fused-ring (bicyclic) bond motifs is 2. The minimum Gasteiger partial charge on any atom is -0.360 e. The molecule has 4 aromatic rings. The number of aromatic amines is 1. The summed E-state index contributed by atoms with van der Waals surface area (Å²) in [5.41, 5.74) is 2.23. The second-order valence-corrected chi connectivity index (χ2v) is 7.38. The zero-order valence-corrected chi connectivity index (χ0v) is 13.9. The first-order valence-corrected chi connectivity index (χ1v) is 9.20. The quantitative estimate of drug-likeness (QED) is 0.576. The lowest BCUT2D eigenvalue weighted by molar-refractivity contribution is 0.574. The lowest BCUT2D eigenvalue weighted by Crippen LogP contribution is -2.27. The number of para-hydroxylation sites is 2. The molecule has 2 aromatic carbocycles. The number of halogens is 1. The van der Waals surface area contributed by atoms with E-state index < -0.39 is 15.8 Å². The Morgan fingerprint density at radius 1 is 1.16 bits per heavy atom. The molecule has 0 amide bonds. The van der Waals surface area contributed by atoms with Crippen LogP contribution in [0.25, 0.3) is 21.9 Å². The van der Waals surface area contributed by atoms with Crippen molar-refractivity contribution in [2.45, 2.75) is 11.4 Å². The second-order valence-electron chi connectivity index (χ2n) is 5.64. The van der Waals surface area contributed by atoms with Gasteiger partial charge in [0.15, 0.2) is 0 Å². The van der Waals surface area contributed by atoms with Crippen LogP contribution in [0.1, 0.15) is 0 Å². The molecule has 2 N–H and O–H groups in total. The van der Waals surface area contributed by atoms with E-state index in [1.54, 1.807) is 12.4 Å². The van der Waals surface area contributed by atoms with Gasteiger partial charge in [-0.2, -0.15) is 0 Å². The van der Waals surface area contributed by atoms with Crippen LogP contribution in [0.15, 0.2) is 59.9 Å². The summed E-state index contributed by atoms with van der Waals surface area (Å²) >= 11 is 0. The molecule has 0 bridgehead atoms. The van der Waals surface area contributed by atoms with Crippen LogP contribution in [0.2, 0.25) is 0 Å². The minimum absolute atomic E-state index is 0.0723. The molecule has 0 saturated heterocycles. The fraction of sp³-hybridized carbons (Fsp3) is 0.118. The van der Waals surface area contributed by atoms with E-state index in [-0.39, 0.29) is 16.8 Å². The third-order valence-electron chi connectivity index (χ3n) is 4.08. The lowest BCUT2D eigenvalue weighted by Gasteiger charge is -2.07. The molecule has 0 aliphatic rings. The number of aromatic nitrogens is 3. The van der Waals surface area contributed by atoms with Gasteiger partial charge < -0.3 is 9.55 Å². The molecule has 2 aromatic heterocycles. The highest BCUT2D eigenvalue weighted by molar-refractivity contribution is 7.89. The Balaban J connectivity index is 1.55. The van der Waals surface area contributed by atoms with E-state index in [4.69, 9.17) is 0 Å². The standard InChI is InChI=1S/C17H15FN4O2S/c18-12-4-3-6-14-17(12)16(10-19-14)25(23,24)21-8-9-22-11-20-13-5-1-2-7-15(13)22/h1-7,10-11,19,21H,8-9H2. The van der Waals surface area contributed by atoms with Crippen LogP contribution in [0.3, 0.4) is 0 Å². The molecule has 0 saturated carbocycles. The van der Waals surface area contributed by atoms with Gasteiger partial charge in [-0.15, -0.1) is 0 Å². The number of nitrogens with one attached hydrogen (secondary N) is 2. The Kier molecular flexibility index (Phi) is 3.78. The van der Waals surface area contributed by atoms with E-state index >= 15 is 0 Å². The zero-order chi connectivity index (χ0) is 17.4. The maximum Gasteiger partial charge on any atom is 0.242 e. The normalized spacial score (nSPS) is 12.2. The molecule has 6 nitrogen and oxygen atoms in total. The summed E-state index contributed by atoms with van der Waals surface area (Å²) in [5, 5.41) is 0.0723. The third-order valence-corrected chi connectivity index (χ3v) is 5.57. The Morgan fingerprint density at radius 2 is 2.00 bits per heavy atom. The van der Waals surface area contributed by atoms with Gasteiger partial charge in [0, 0.05) is 24.8 Å². The molecule has 0 aliphatic heterocycles. The summed E-state index contributed by atoms with van der Waals surface area (Å²) in [6.07, 6.45) is 2.98. The lowest BCUT2D eigenvalue weighted by atomic mass is 10.2. The molecule has 128 valence electrons. The number of hydrogen-bond donors (Lipinski definition) is 2. The fourth-order valence-electron chi connectivity index (χ4n) is 2.89. The van der Waals surface area contributed by atoms with Crippen LogP contribution in [0.5, 0.6) is 0 Å². The molecular formula is C17H15FN4O2S. The summed E-state index contributed by atoms with van der Waals surface area (Å²) in [6.45, 7) is 0.592. The van der Waals surface area contributed by atoms with Crippen molar-refractivity contribution in [3.8, 4) is 0 Å². The molecular weight excluding hydrogens is 343 g/mol.